The van der Waals surface area contributed by atoms with Crippen LogP contribution in [0.25, 0.3) is 0 Å². The molecule has 0 aliphatic heterocycles. The zero-order chi connectivity index (χ0) is 14.0. The van der Waals surface area contributed by atoms with E-state index in [1.54, 1.807) is 4.90 Å². The molecule has 1 heterocycles. The number of furan rings is 1. The van der Waals surface area contributed by atoms with E-state index < -0.39 is 5.97 Å². The molecule has 1 saturated carbocycles. The topological polar surface area (TPSA) is 70.8 Å². The Labute approximate surface area is 112 Å². The van der Waals surface area contributed by atoms with Crippen molar-refractivity contribution in [3.63, 3.8) is 0 Å². The second kappa shape index (κ2) is 5.47. The highest BCUT2D eigenvalue weighted by Crippen LogP contribution is 2.29. The number of carboxylic acids is 1. The monoisotopic (exact) mass is 265 g/mol. The molecular formula is C14H19NO4. The Bertz CT molecular complexity index is 488. The van der Waals surface area contributed by atoms with Gasteiger partial charge in [-0.1, -0.05) is 13.8 Å². The minimum Gasteiger partial charge on any atom is -0.478 e. The molecule has 0 bridgehead atoms. The zero-order valence-corrected chi connectivity index (χ0v) is 11.3. The predicted molar refractivity (Wildman–Crippen MR) is 69.4 cm³/mol. The van der Waals surface area contributed by atoms with Gasteiger partial charge in [0.05, 0.1) is 0 Å². The number of hydrogen-bond donors (Lipinski definition) is 1. The smallest absolute Gasteiger partial charge is 0.339 e. The Hall–Kier alpha value is -1.78. The third kappa shape index (κ3) is 2.80. The van der Waals surface area contributed by atoms with Crippen LogP contribution in [0.5, 0.6) is 0 Å². The Morgan fingerprint density at radius 3 is 2.53 bits per heavy atom. The zero-order valence-electron chi connectivity index (χ0n) is 11.3. The van der Waals surface area contributed by atoms with Crippen LogP contribution in [-0.4, -0.2) is 34.5 Å². The fourth-order valence-electron chi connectivity index (χ4n) is 2.20. The molecule has 1 aromatic rings. The van der Waals surface area contributed by atoms with Crippen LogP contribution >= 0.6 is 0 Å². The van der Waals surface area contributed by atoms with E-state index in [-0.39, 0.29) is 17.2 Å². The number of hydrogen-bond acceptors (Lipinski definition) is 3. The molecule has 104 valence electrons. The lowest BCUT2D eigenvalue weighted by Gasteiger charge is -2.20. The van der Waals surface area contributed by atoms with E-state index in [0.717, 1.165) is 19.3 Å². The van der Waals surface area contributed by atoms with Gasteiger partial charge in [0, 0.05) is 25.1 Å². The summed E-state index contributed by atoms with van der Waals surface area (Å²) in [5, 5.41) is 9.07. The lowest BCUT2D eigenvalue weighted by Crippen LogP contribution is -2.33. The number of amides is 1. The van der Waals surface area contributed by atoms with Crippen molar-refractivity contribution >= 4 is 11.9 Å². The minimum absolute atomic E-state index is 0.0955. The van der Waals surface area contributed by atoms with E-state index in [4.69, 9.17) is 9.52 Å². The minimum atomic E-state index is -1.05. The molecule has 0 spiro atoms. The molecular weight excluding hydrogens is 246 g/mol. The van der Waals surface area contributed by atoms with E-state index in [0.29, 0.717) is 24.8 Å². The number of nitrogens with zero attached hydrogens (tertiary/aromatic N) is 1. The standard InChI is InChI=1S/C14H19NO4/c1-3-7-15(9-5-6-9)13(16)12-8-10(14(17)18)11(4-2)19-12/h8-9H,3-7H2,1-2H3,(H,17,18). The molecule has 19 heavy (non-hydrogen) atoms. The van der Waals surface area contributed by atoms with E-state index in [9.17, 15) is 9.59 Å². The van der Waals surface area contributed by atoms with E-state index in [2.05, 4.69) is 0 Å². The molecule has 1 aliphatic rings. The van der Waals surface area contributed by atoms with Crippen LogP contribution in [-0.2, 0) is 6.42 Å². The molecule has 1 N–H and O–H groups in total. The first-order chi connectivity index (χ1) is 9.08. The van der Waals surface area contributed by atoms with E-state index >= 15 is 0 Å². The maximum Gasteiger partial charge on any atom is 0.339 e. The van der Waals surface area contributed by atoms with Crippen molar-refractivity contribution in [3.05, 3.63) is 23.2 Å². The number of aryl methyl sites for hydroxylation is 1. The fraction of sp³-hybridized carbons (Fsp3) is 0.571. The maximum atomic E-state index is 12.4. The third-order valence-electron chi connectivity index (χ3n) is 3.28. The van der Waals surface area contributed by atoms with Crippen molar-refractivity contribution in [2.24, 2.45) is 0 Å². The summed E-state index contributed by atoms with van der Waals surface area (Å²) in [4.78, 5) is 25.2. The molecule has 0 saturated heterocycles. The normalized spacial score (nSPS) is 14.4. The molecule has 1 aromatic heterocycles. The molecule has 0 unspecified atom stereocenters. The summed E-state index contributed by atoms with van der Waals surface area (Å²) >= 11 is 0. The third-order valence-corrected chi connectivity index (χ3v) is 3.28. The van der Waals surface area contributed by atoms with Crippen molar-refractivity contribution in [1.29, 1.82) is 0 Å². The predicted octanol–water partition coefficient (Wildman–Crippen LogP) is 2.55. The molecule has 0 aromatic carbocycles. The summed E-state index contributed by atoms with van der Waals surface area (Å²) in [6.45, 7) is 4.52. The molecule has 0 atom stereocenters. The summed E-state index contributed by atoms with van der Waals surface area (Å²) < 4.78 is 5.42. The highest BCUT2D eigenvalue weighted by Gasteiger charge is 2.34. The van der Waals surface area contributed by atoms with Gasteiger partial charge in [0.1, 0.15) is 11.3 Å². The van der Waals surface area contributed by atoms with Crippen LogP contribution in [0.2, 0.25) is 0 Å². The van der Waals surface area contributed by atoms with Crippen molar-refractivity contribution in [2.75, 3.05) is 6.54 Å². The van der Waals surface area contributed by atoms with Gasteiger partial charge < -0.3 is 14.4 Å². The fourth-order valence-corrected chi connectivity index (χ4v) is 2.20. The SMILES string of the molecule is CCCN(C(=O)c1cc(C(=O)O)c(CC)o1)C1CC1. The highest BCUT2D eigenvalue weighted by molar-refractivity contribution is 5.96. The Balaban J connectivity index is 2.24. The van der Waals surface area contributed by atoms with Crippen molar-refractivity contribution in [2.45, 2.75) is 45.6 Å². The molecule has 1 amide bonds. The summed E-state index contributed by atoms with van der Waals surface area (Å²) in [6, 6.07) is 1.66. The first-order valence-corrected chi connectivity index (χ1v) is 6.75. The second-order valence-corrected chi connectivity index (χ2v) is 4.84. The molecule has 2 rings (SSSR count). The lowest BCUT2D eigenvalue weighted by molar-refractivity contribution is 0.0689. The van der Waals surface area contributed by atoms with Gasteiger partial charge >= 0.3 is 5.97 Å². The van der Waals surface area contributed by atoms with Gasteiger partial charge in [-0.05, 0) is 19.3 Å². The summed E-state index contributed by atoms with van der Waals surface area (Å²) in [6.07, 6.45) is 3.40. The average Bonchev–Trinajstić information content (AvgIpc) is 3.12. The van der Waals surface area contributed by atoms with Gasteiger partial charge in [0.15, 0.2) is 5.76 Å². The quantitative estimate of drug-likeness (QED) is 0.858. The van der Waals surface area contributed by atoms with Crippen molar-refractivity contribution < 1.29 is 19.1 Å². The summed E-state index contributed by atoms with van der Waals surface area (Å²) in [5.41, 5.74) is 0.0955. The number of aromatic carboxylic acids is 1. The lowest BCUT2D eigenvalue weighted by atomic mass is 10.2. The van der Waals surface area contributed by atoms with E-state index in [1.165, 1.54) is 6.07 Å². The van der Waals surface area contributed by atoms with Crippen LogP contribution in [0.4, 0.5) is 0 Å². The van der Waals surface area contributed by atoms with Gasteiger partial charge in [-0.25, -0.2) is 4.79 Å². The van der Waals surface area contributed by atoms with Gasteiger partial charge in [0.25, 0.3) is 5.91 Å². The number of rotatable bonds is 6. The van der Waals surface area contributed by atoms with E-state index in [1.807, 2.05) is 13.8 Å². The van der Waals surface area contributed by atoms with Gasteiger partial charge in [-0.3, -0.25) is 4.79 Å². The summed E-state index contributed by atoms with van der Waals surface area (Å²) in [7, 11) is 0. The van der Waals surface area contributed by atoms with Crippen LogP contribution in [0.3, 0.4) is 0 Å². The second-order valence-electron chi connectivity index (χ2n) is 4.84. The van der Waals surface area contributed by atoms with Crippen LogP contribution < -0.4 is 0 Å². The van der Waals surface area contributed by atoms with Crippen LogP contribution in [0.15, 0.2) is 10.5 Å². The largest absolute Gasteiger partial charge is 0.478 e. The first-order valence-electron chi connectivity index (χ1n) is 6.75. The first kappa shape index (κ1) is 13.6. The Morgan fingerprint density at radius 2 is 2.11 bits per heavy atom. The Kier molecular flexibility index (Phi) is 3.93. The average molecular weight is 265 g/mol. The molecule has 1 aliphatic carbocycles. The molecule has 1 fully saturated rings. The number of carboxylic acid groups (broad SMARTS) is 1. The van der Waals surface area contributed by atoms with Crippen molar-refractivity contribution in [1.82, 2.24) is 4.90 Å². The molecule has 0 radical (unpaired) electrons. The van der Waals surface area contributed by atoms with Gasteiger partial charge in [0.2, 0.25) is 0 Å². The van der Waals surface area contributed by atoms with Gasteiger partial charge in [-0.2, -0.15) is 0 Å². The van der Waals surface area contributed by atoms with Crippen LogP contribution in [0.1, 0.15) is 59.8 Å². The maximum absolute atomic E-state index is 12.4. The van der Waals surface area contributed by atoms with Crippen molar-refractivity contribution in [3.8, 4) is 0 Å². The molecule has 5 heteroatoms. The van der Waals surface area contributed by atoms with Gasteiger partial charge in [-0.15, -0.1) is 0 Å². The molecule has 5 nitrogen and oxygen atoms in total. The highest BCUT2D eigenvalue weighted by atomic mass is 16.4. The Morgan fingerprint density at radius 1 is 1.42 bits per heavy atom. The number of carbonyl (C=O) groups excluding carboxylic acids is 1. The van der Waals surface area contributed by atoms with Crippen LogP contribution in [0, 0.1) is 0 Å². The summed E-state index contributed by atoms with van der Waals surface area (Å²) in [5.74, 6) is -0.725. The number of carbonyl (C=O) groups is 2.